The topological polar surface area (TPSA) is 406 Å². The molecule has 306 valence electrons. The number of carboxylic acid groups (broad SMARTS) is 3. The van der Waals surface area contributed by atoms with Gasteiger partial charge in [-0.3, -0.25) is 43.3 Å². The molecule has 6 unspecified atom stereocenters. The first kappa shape index (κ1) is 46.7. The summed E-state index contributed by atoms with van der Waals surface area (Å²) in [6.45, 7) is 3.93. The summed E-state index contributed by atoms with van der Waals surface area (Å²) in [7, 11) is 0. The molecule has 0 aliphatic rings. The Morgan fingerprint density at radius 2 is 1.27 bits per heavy atom. The van der Waals surface area contributed by atoms with Gasteiger partial charge in [0, 0.05) is 24.9 Å². The van der Waals surface area contributed by atoms with E-state index in [-0.39, 0.29) is 44.1 Å². The third kappa shape index (κ3) is 18.8. The molecule has 1 aromatic heterocycles. The molecule has 1 heterocycles. The second-order valence-electron chi connectivity index (χ2n) is 12.8. The van der Waals surface area contributed by atoms with E-state index in [4.69, 9.17) is 22.3 Å². The molecule has 24 nitrogen and oxygen atoms in total. The lowest BCUT2D eigenvalue weighted by atomic mass is 10.0. The first-order chi connectivity index (χ1) is 25.7. The molecule has 0 fully saturated rings. The fourth-order valence-electron chi connectivity index (χ4n) is 4.71. The lowest BCUT2D eigenvalue weighted by molar-refractivity contribution is -0.144. The van der Waals surface area contributed by atoms with E-state index in [1.54, 1.807) is 13.8 Å². The molecule has 0 saturated carbocycles. The van der Waals surface area contributed by atoms with Crippen molar-refractivity contribution in [1.82, 2.24) is 41.9 Å². The number of aromatic nitrogens is 2. The van der Waals surface area contributed by atoms with Gasteiger partial charge < -0.3 is 69.4 Å². The van der Waals surface area contributed by atoms with Gasteiger partial charge in [0.1, 0.15) is 30.2 Å². The average Bonchev–Trinajstić information content (AvgIpc) is 3.59. The van der Waals surface area contributed by atoms with Crippen LogP contribution in [0.15, 0.2) is 17.5 Å². The van der Waals surface area contributed by atoms with E-state index in [2.05, 4.69) is 46.9 Å². The van der Waals surface area contributed by atoms with Crippen LogP contribution < -0.4 is 49.1 Å². The van der Waals surface area contributed by atoms with E-state index in [1.165, 1.54) is 19.4 Å². The van der Waals surface area contributed by atoms with E-state index in [1.807, 2.05) is 0 Å². The molecule has 1 rings (SSSR count). The van der Waals surface area contributed by atoms with Crippen molar-refractivity contribution in [2.24, 2.45) is 28.1 Å². The minimum absolute atomic E-state index is 0.000331. The van der Waals surface area contributed by atoms with Crippen molar-refractivity contribution < 1.29 is 58.5 Å². The second kappa shape index (κ2) is 23.4. The lowest BCUT2D eigenvalue weighted by Gasteiger charge is -2.26. The normalized spacial score (nSPS) is 14.1. The molecule has 0 aliphatic carbocycles. The number of guanidine groups is 1. The van der Waals surface area contributed by atoms with Crippen LogP contribution in [0.25, 0.3) is 0 Å². The predicted octanol–water partition coefficient (Wildman–Crippen LogP) is -5.03. The van der Waals surface area contributed by atoms with Crippen LogP contribution in [0.5, 0.6) is 0 Å². The molecule has 55 heavy (non-hydrogen) atoms. The summed E-state index contributed by atoms with van der Waals surface area (Å²) < 4.78 is 0. The van der Waals surface area contributed by atoms with Gasteiger partial charge in [-0.2, -0.15) is 0 Å². The van der Waals surface area contributed by atoms with Crippen LogP contribution in [-0.4, -0.2) is 134 Å². The van der Waals surface area contributed by atoms with Gasteiger partial charge in [0.15, 0.2) is 5.96 Å². The van der Waals surface area contributed by atoms with Crippen molar-refractivity contribution in [3.63, 3.8) is 0 Å². The molecule has 0 spiro atoms. The zero-order valence-corrected chi connectivity index (χ0v) is 30.5. The summed E-state index contributed by atoms with van der Waals surface area (Å²) in [6.07, 6.45) is 0.491. The first-order valence-corrected chi connectivity index (χ1v) is 16.9. The maximum atomic E-state index is 13.7. The number of carboxylic acids is 3. The highest BCUT2D eigenvalue weighted by Gasteiger charge is 2.33. The Morgan fingerprint density at radius 3 is 1.78 bits per heavy atom. The number of aromatic amines is 1. The first-order valence-electron chi connectivity index (χ1n) is 16.9. The molecule has 0 aliphatic heterocycles. The number of amides is 6. The number of hydrogen-bond acceptors (Lipinski definition) is 12. The highest BCUT2D eigenvalue weighted by atomic mass is 16.4. The Labute approximate surface area is 314 Å². The van der Waals surface area contributed by atoms with E-state index in [0.717, 1.165) is 0 Å². The van der Waals surface area contributed by atoms with Crippen molar-refractivity contribution in [3.05, 3.63) is 18.2 Å². The molecular weight excluding hydrogens is 732 g/mol. The summed E-state index contributed by atoms with van der Waals surface area (Å²) in [4.78, 5) is 123. The van der Waals surface area contributed by atoms with E-state index in [0.29, 0.717) is 5.69 Å². The maximum Gasteiger partial charge on any atom is 0.326 e. The zero-order valence-electron chi connectivity index (χ0n) is 30.5. The summed E-state index contributed by atoms with van der Waals surface area (Å²) >= 11 is 0. The SMILES string of the molecule is CC(C)CC(NC(=O)C(CC(=O)O)NC(=O)C(Cc1cnc[nH]1)NC(=O)C(CCCN=C(N)N)NC(=O)CNC(=O)C(CC(=O)O)NC(=O)C(C)N)C(=O)O. The van der Waals surface area contributed by atoms with Gasteiger partial charge in [-0.25, -0.2) is 9.78 Å². The Bertz CT molecular complexity index is 1550. The number of aliphatic imine (C=N–C) groups is 1. The van der Waals surface area contributed by atoms with Crippen molar-refractivity contribution in [2.45, 2.75) is 95.5 Å². The van der Waals surface area contributed by atoms with Gasteiger partial charge in [0.2, 0.25) is 35.4 Å². The van der Waals surface area contributed by atoms with Gasteiger partial charge in [0.05, 0.1) is 31.8 Å². The largest absolute Gasteiger partial charge is 0.481 e. The highest BCUT2D eigenvalue weighted by Crippen LogP contribution is 2.08. The van der Waals surface area contributed by atoms with E-state index in [9.17, 15) is 53.4 Å². The van der Waals surface area contributed by atoms with Gasteiger partial charge in [0.25, 0.3) is 0 Å². The molecule has 0 aromatic carbocycles. The third-order valence-corrected chi connectivity index (χ3v) is 7.39. The lowest BCUT2D eigenvalue weighted by Crippen LogP contribution is -2.59. The zero-order chi connectivity index (χ0) is 41.8. The fourth-order valence-corrected chi connectivity index (χ4v) is 4.71. The van der Waals surface area contributed by atoms with Crippen LogP contribution in [0.3, 0.4) is 0 Å². The number of nitrogens with one attached hydrogen (secondary N) is 7. The van der Waals surface area contributed by atoms with Crippen molar-refractivity contribution in [3.8, 4) is 0 Å². The van der Waals surface area contributed by atoms with Crippen LogP contribution >= 0.6 is 0 Å². The molecule has 0 bridgehead atoms. The number of aliphatic carboxylic acids is 3. The maximum absolute atomic E-state index is 13.7. The van der Waals surface area contributed by atoms with Crippen LogP contribution in [0, 0.1) is 5.92 Å². The van der Waals surface area contributed by atoms with Gasteiger partial charge in [-0.05, 0) is 32.1 Å². The van der Waals surface area contributed by atoms with Crippen molar-refractivity contribution in [1.29, 1.82) is 0 Å². The number of rotatable bonds is 25. The molecule has 24 heteroatoms. The van der Waals surface area contributed by atoms with Crippen molar-refractivity contribution >= 4 is 59.3 Å². The summed E-state index contributed by atoms with van der Waals surface area (Å²) in [5.74, 6) is -10.7. The van der Waals surface area contributed by atoms with E-state index < -0.39 is 109 Å². The van der Waals surface area contributed by atoms with Crippen molar-refractivity contribution in [2.75, 3.05) is 13.1 Å². The Balaban J connectivity index is 3.28. The summed E-state index contributed by atoms with van der Waals surface area (Å²) in [5, 5.41) is 41.8. The number of carbonyl (C=O) groups is 9. The Kier molecular flexibility index (Phi) is 19.8. The quantitative estimate of drug-likeness (QED) is 0.0251. The molecule has 6 atom stereocenters. The molecule has 0 saturated heterocycles. The molecular formula is C31H50N12O12. The second-order valence-corrected chi connectivity index (χ2v) is 12.8. The van der Waals surface area contributed by atoms with Crippen LogP contribution in [0.4, 0.5) is 0 Å². The minimum Gasteiger partial charge on any atom is -0.481 e. The average molecular weight is 783 g/mol. The molecule has 6 amide bonds. The fraction of sp³-hybridized carbons (Fsp3) is 0.581. The van der Waals surface area contributed by atoms with E-state index >= 15 is 0 Å². The standard InChI is InChI=1S/C31H50N12O12/c1-14(2)7-21(30(54)55)43-29(53)20(10-24(47)48)42-28(52)18(8-16-11-35-13-38-16)41-27(51)17(5-4-6-36-31(33)34)39-22(44)12-37-26(50)19(9-23(45)46)40-25(49)15(3)32/h11,13-15,17-21H,4-10,12,32H2,1-3H3,(H,35,38)(H,37,50)(H,39,44)(H,40,49)(H,41,51)(H,42,52)(H,43,53)(H,45,46)(H,47,48)(H,54,55)(H4,33,34,36). The van der Waals surface area contributed by atoms with Crippen LogP contribution in [-0.2, 0) is 49.6 Å². The number of H-pyrrole nitrogens is 1. The smallest absolute Gasteiger partial charge is 0.326 e. The highest BCUT2D eigenvalue weighted by molar-refractivity contribution is 5.97. The van der Waals surface area contributed by atoms with Gasteiger partial charge in [-0.15, -0.1) is 0 Å². The summed E-state index contributed by atoms with van der Waals surface area (Å²) in [6, 6.07) is -8.81. The number of imidazole rings is 1. The number of nitrogens with zero attached hydrogens (tertiary/aromatic N) is 2. The van der Waals surface area contributed by atoms with Gasteiger partial charge in [-0.1, -0.05) is 13.8 Å². The monoisotopic (exact) mass is 782 g/mol. The van der Waals surface area contributed by atoms with Gasteiger partial charge >= 0.3 is 17.9 Å². The Hall–Kier alpha value is -6.33. The number of nitrogens with two attached hydrogens (primary N) is 3. The predicted molar refractivity (Wildman–Crippen MR) is 190 cm³/mol. The van der Waals surface area contributed by atoms with Crippen LogP contribution in [0.1, 0.15) is 58.6 Å². The third-order valence-electron chi connectivity index (χ3n) is 7.39. The molecule has 1 aromatic rings. The number of carbonyl (C=O) groups excluding carboxylic acids is 6. The number of hydrogen-bond donors (Lipinski definition) is 13. The van der Waals surface area contributed by atoms with Crippen LogP contribution in [0.2, 0.25) is 0 Å². The molecule has 16 N–H and O–H groups in total. The molecule has 0 radical (unpaired) electrons. The summed E-state index contributed by atoms with van der Waals surface area (Å²) in [5.41, 5.74) is 16.5. The minimum atomic E-state index is -1.78. The Morgan fingerprint density at radius 1 is 0.745 bits per heavy atom.